The number of para-hydroxylation sites is 1. The van der Waals surface area contributed by atoms with Crippen LogP contribution in [0.4, 0.5) is 0 Å². The number of aromatic nitrogens is 2. The molecule has 27 heavy (non-hydrogen) atoms. The maximum Gasteiger partial charge on any atom is 0.258 e. The van der Waals surface area contributed by atoms with E-state index >= 15 is 0 Å². The number of fused-ring (bicyclic) bond motifs is 1. The molecule has 0 radical (unpaired) electrons. The van der Waals surface area contributed by atoms with Crippen LogP contribution in [0.3, 0.4) is 0 Å². The minimum Gasteiger partial charge on any atom is -0.497 e. The molecule has 1 amide bonds. The van der Waals surface area contributed by atoms with Gasteiger partial charge in [0.1, 0.15) is 23.9 Å². The van der Waals surface area contributed by atoms with Gasteiger partial charge in [-0.1, -0.05) is 18.2 Å². The molecule has 3 aromatic rings. The first kappa shape index (κ1) is 18.4. The average molecular weight is 367 g/mol. The summed E-state index contributed by atoms with van der Waals surface area (Å²) >= 11 is 0. The number of aryl methyl sites for hydroxylation is 1. The summed E-state index contributed by atoms with van der Waals surface area (Å²) in [7, 11) is 1.59. The number of nitrogens with one attached hydrogen (secondary N) is 2. The van der Waals surface area contributed by atoms with Crippen molar-refractivity contribution in [3.05, 3.63) is 64.7 Å². The van der Waals surface area contributed by atoms with Crippen molar-refractivity contribution in [2.75, 3.05) is 20.3 Å². The van der Waals surface area contributed by atoms with Gasteiger partial charge in [-0.25, -0.2) is 4.98 Å². The fourth-order valence-corrected chi connectivity index (χ4v) is 2.62. The van der Waals surface area contributed by atoms with Crippen LogP contribution in [-0.4, -0.2) is 36.1 Å². The van der Waals surface area contributed by atoms with E-state index in [1.54, 1.807) is 31.4 Å². The molecule has 3 rings (SSSR count). The van der Waals surface area contributed by atoms with Crippen molar-refractivity contribution in [3.63, 3.8) is 0 Å². The van der Waals surface area contributed by atoms with Gasteiger partial charge in [-0.3, -0.25) is 9.59 Å². The molecular formula is C20H21N3O4. The number of H-pyrrole nitrogens is 1. The molecule has 0 atom stereocenters. The van der Waals surface area contributed by atoms with Crippen molar-refractivity contribution in [1.29, 1.82) is 0 Å². The van der Waals surface area contributed by atoms with Gasteiger partial charge in [0.15, 0.2) is 0 Å². The van der Waals surface area contributed by atoms with Crippen LogP contribution < -0.4 is 20.3 Å². The van der Waals surface area contributed by atoms with Crippen molar-refractivity contribution < 1.29 is 14.3 Å². The second-order valence-electron chi connectivity index (χ2n) is 5.91. The number of ether oxygens (including phenoxy) is 2. The maximum absolute atomic E-state index is 12.0. The topological polar surface area (TPSA) is 93.3 Å². The first-order valence-electron chi connectivity index (χ1n) is 8.67. The number of rotatable bonds is 8. The number of carbonyl (C=O) groups excluding carboxylic acids is 1. The normalized spacial score (nSPS) is 10.6. The third-order valence-electron chi connectivity index (χ3n) is 3.98. The fraction of sp³-hybridized carbons (Fsp3) is 0.250. The number of carbonyl (C=O) groups is 1. The number of hydrogen-bond acceptors (Lipinski definition) is 5. The van der Waals surface area contributed by atoms with Crippen molar-refractivity contribution in [3.8, 4) is 11.5 Å². The average Bonchev–Trinajstić information content (AvgIpc) is 2.70. The number of methoxy groups -OCH3 is 1. The number of benzene rings is 2. The van der Waals surface area contributed by atoms with Gasteiger partial charge in [-0.2, -0.15) is 0 Å². The quantitative estimate of drug-likeness (QED) is 0.595. The standard InChI is InChI=1S/C20H21N3O4/c1-26-14-5-4-6-15(13-14)27-12-11-21-19(24)10-9-18-22-17-8-3-2-7-16(17)20(25)23-18/h2-8,13H,9-12H2,1H3,(H,21,24)(H,22,23,25). The van der Waals surface area contributed by atoms with Crippen LogP contribution in [-0.2, 0) is 11.2 Å². The third kappa shape index (κ3) is 5.07. The molecule has 7 nitrogen and oxygen atoms in total. The minimum atomic E-state index is -0.192. The highest BCUT2D eigenvalue weighted by Crippen LogP contribution is 2.18. The van der Waals surface area contributed by atoms with E-state index < -0.39 is 0 Å². The number of aromatic amines is 1. The predicted molar refractivity (Wildman–Crippen MR) is 102 cm³/mol. The number of hydrogen-bond donors (Lipinski definition) is 2. The van der Waals surface area contributed by atoms with Crippen LogP contribution in [0.15, 0.2) is 53.3 Å². The lowest BCUT2D eigenvalue weighted by Gasteiger charge is -2.09. The molecule has 0 saturated carbocycles. The molecule has 0 aliphatic carbocycles. The summed E-state index contributed by atoms with van der Waals surface area (Å²) in [4.78, 5) is 31.1. The Morgan fingerprint density at radius 1 is 1.15 bits per heavy atom. The van der Waals surface area contributed by atoms with Crippen LogP contribution in [0.5, 0.6) is 11.5 Å². The zero-order chi connectivity index (χ0) is 19.1. The van der Waals surface area contributed by atoms with E-state index in [-0.39, 0.29) is 17.9 Å². The molecule has 2 N–H and O–H groups in total. The fourth-order valence-electron chi connectivity index (χ4n) is 2.62. The van der Waals surface area contributed by atoms with Crippen LogP contribution in [0.2, 0.25) is 0 Å². The lowest BCUT2D eigenvalue weighted by atomic mass is 10.2. The highest BCUT2D eigenvalue weighted by molar-refractivity contribution is 5.78. The second kappa shape index (κ2) is 8.84. The molecule has 0 aliphatic rings. The number of nitrogens with zero attached hydrogens (tertiary/aromatic N) is 1. The molecule has 0 aliphatic heterocycles. The summed E-state index contributed by atoms with van der Waals surface area (Å²) in [5.41, 5.74) is 0.436. The Labute approximate surface area is 156 Å². The molecule has 0 spiro atoms. The Kier molecular flexibility index (Phi) is 6.04. The molecule has 0 unspecified atom stereocenters. The molecule has 0 fully saturated rings. The van der Waals surface area contributed by atoms with Gasteiger partial charge in [0.05, 0.1) is 24.6 Å². The summed E-state index contributed by atoms with van der Waals surface area (Å²) in [6.07, 6.45) is 0.600. The highest BCUT2D eigenvalue weighted by atomic mass is 16.5. The van der Waals surface area contributed by atoms with Crippen LogP contribution in [0.25, 0.3) is 10.9 Å². The van der Waals surface area contributed by atoms with E-state index in [9.17, 15) is 9.59 Å². The van der Waals surface area contributed by atoms with E-state index in [4.69, 9.17) is 9.47 Å². The van der Waals surface area contributed by atoms with Crippen LogP contribution in [0.1, 0.15) is 12.2 Å². The van der Waals surface area contributed by atoms with Crippen LogP contribution >= 0.6 is 0 Å². The first-order chi connectivity index (χ1) is 13.2. The van der Waals surface area contributed by atoms with E-state index in [2.05, 4.69) is 15.3 Å². The SMILES string of the molecule is COc1cccc(OCCNC(=O)CCc2nc3ccccc3c(=O)[nH]2)c1. The maximum atomic E-state index is 12.0. The molecule has 0 bridgehead atoms. The molecule has 7 heteroatoms. The van der Waals surface area contributed by atoms with Gasteiger partial charge in [-0.15, -0.1) is 0 Å². The van der Waals surface area contributed by atoms with Crippen molar-refractivity contribution >= 4 is 16.8 Å². The van der Waals surface area contributed by atoms with Gasteiger partial charge in [-0.05, 0) is 24.3 Å². The molecule has 1 heterocycles. The lowest BCUT2D eigenvalue weighted by molar-refractivity contribution is -0.121. The lowest BCUT2D eigenvalue weighted by Crippen LogP contribution is -2.28. The summed E-state index contributed by atoms with van der Waals surface area (Å²) in [5, 5.41) is 3.33. The molecule has 1 aromatic heterocycles. The smallest absolute Gasteiger partial charge is 0.258 e. The summed E-state index contributed by atoms with van der Waals surface area (Å²) in [6.45, 7) is 0.738. The molecular weight excluding hydrogens is 346 g/mol. The van der Waals surface area contributed by atoms with Crippen LogP contribution in [0, 0.1) is 0 Å². The van der Waals surface area contributed by atoms with Gasteiger partial charge >= 0.3 is 0 Å². The highest BCUT2D eigenvalue weighted by Gasteiger charge is 2.06. The molecule has 2 aromatic carbocycles. The Morgan fingerprint density at radius 3 is 2.81 bits per heavy atom. The Bertz CT molecular complexity index is 984. The Balaban J connectivity index is 1.44. The van der Waals surface area contributed by atoms with E-state index in [0.29, 0.717) is 47.8 Å². The minimum absolute atomic E-state index is 0.125. The van der Waals surface area contributed by atoms with Gasteiger partial charge in [0.25, 0.3) is 5.56 Å². The second-order valence-corrected chi connectivity index (χ2v) is 5.91. The molecule has 0 saturated heterocycles. The summed E-state index contributed by atoms with van der Waals surface area (Å²) < 4.78 is 10.7. The van der Waals surface area contributed by atoms with Gasteiger partial charge in [0, 0.05) is 18.9 Å². The van der Waals surface area contributed by atoms with Gasteiger partial charge < -0.3 is 19.8 Å². The number of amides is 1. The zero-order valence-electron chi connectivity index (χ0n) is 15.0. The van der Waals surface area contributed by atoms with Crippen molar-refractivity contribution in [2.24, 2.45) is 0 Å². The van der Waals surface area contributed by atoms with Gasteiger partial charge in [0.2, 0.25) is 5.91 Å². The Morgan fingerprint density at radius 2 is 1.96 bits per heavy atom. The van der Waals surface area contributed by atoms with Crippen molar-refractivity contribution in [1.82, 2.24) is 15.3 Å². The molecule has 140 valence electrons. The zero-order valence-corrected chi connectivity index (χ0v) is 15.0. The van der Waals surface area contributed by atoms with Crippen molar-refractivity contribution in [2.45, 2.75) is 12.8 Å². The van der Waals surface area contributed by atoms with E-state index in [1.165, 1.54) is 0 Å². The first-order valence-corrected chi connectivity index (χ1v) is 8.67. The third-order valence-corrected chi connectivity index (χ3v) is 3.98. The predicted octanol–water partition coefficient (Wildman–Crippen LogP) is 2.06. The largest absolute Gasteiger partial charge is 0.497 e. The van der Waals surface area contributed by atoms with E-state index in [1.807, 2.05) is 24.3 Å². The monoisotopic (exact) mass is 367 g/mol. The Hall–Kier alpha value is -3.35. The summed E-state index contributed by atoms with van der Waals surface area (Å²) in [6, 6.07) is 14.4. The van der Waals surface area contributed by atoms with E-state index in [0.717, 1.165) is 0 Å². The summed E-state index contributed by atoms with van der Waals surface area (Å²) in [5.74, 6) is 1.77.